The van der Waals surface area contributed by atoms with Gasteiger partial charge >= 0.3 is 0 Å². The van der Waals surface area contributed by atoms with Crippen LogP contribution in [0.1, 0.15) is 88.2 Å². The summed E-state index contributed by atoms with van der Waals surface area (Å²) in [7, 11) is 0. The van der Waals surface area contributed by atoms with Crippen LogP contribution in [0.4, 0.5) is 0 Å². The van der Waals surface area contributed by atoms with Gasteiger partial charge in [0.15, 0.2) is 0 Å². The highest BCUT2D eigenvalue weighted by Gasteiger charge is 2.29. The summed E-state index contributed by atoms with van der Waals surface area (Å²) in [6, 6.07) is 11.5. The molecule has 2 aliphatic rings. The van der Waals surface area contributed by atoms with Gasteiger partial charge in [0, 0.05) is 6.08 Å². The van der Waals surface area contributed by atoms with Crippen LogP contribution in [0.25, 0.3) is 0 Å². The molecule has 1 nitrogen and oxygen atoms in total. The monoisotopic (exact) mass is 375 g/mol. The van der Waals surface area contributed by atoms with Crippen molar-refractivity contribution in [2.75, 3.05) is 0 Å². The molecule has 0 aliphatic heterocycles. The van der Waals surface area contributed by atoms with E-state index in [1.807, 2.05) is 6.08 Å². The van der Waals surface area contributed by atoms with Gasteiger partial charge in [-0.05, 0) is 105 Å². The van der Waals surface area contributed by atoms with Crippen LogP contribution in [0.3, 0.4) is 0 Å². The van der Waals surface area contributed by atoms with Crippen molar-refractivity contribution in [2.45, 2.75) is 83.5 Å². The van der Waals surface area contributed by atoms with Gasteiger partial charge in [0.05, 0.1) is 6.07 Å². The molecule has 0 amide bonds. The molecule has 28 heavy (non-hydrogen) atoms. The Morgan fingerprint density at radius 2 is 1.61 bits per heavy atom. The summed E-state index contributed by atoms with van der Waals surface area (Å²) in [5.74, 6) is 3.13. The summed E-state index contributed by atoms with van der Waals surface area (Å²) >= 11 is 0. The first kappa shape index (κ1) is 20.9. The van der Waals surface area contributed by atoms with Crippen molar-refractivity contribution in [2.24, 2.45) is 17.8 Å². The van der Waals surface area contributed by atoms with E-state index in [9.17, 15) is 0 Å². The summed E-state index contributed by atoms with van der Waals surface area (Å²) in [4.78, 5) is 0. The lowest BCUT2D eigenvalue weighted by Gasteiger charge is -2.36. The molecular formula is C27H37N. The first-order chi connectivity index (χ1) is 13.7. The van der Waals surface area contributed by atoms with Crippen LogP contribution in [0.2, 0.25) is 0 Å². The van der Waals surface area contributed by atoms with Gasteiger partial charge in [-0.3, -0.25) is 0 Å². The van der Waals surface area contributed by atoms with Gasteiger partial charge in [0.1, 0.15) is 0 Å². The standard InChI is InChI=1S/C27H37N/c1-3-22-8-14-26(15-9-22)27-18-16-25(17-19-27)21(2)24-12-10-23(11-13-24)7-5-4-6-20-28/h4,6,8-9,14-15,23-25,27H,2-3,5,7,10-13,16-19H2,1H3/b6-4+/t23-,24-,25-,27-. The van der Waals surface area contributed by atoms with E-state index in [1.54, 1.807) is 17.2 Å². The second kappa shape index (κ2) is 10.7. The van der Waals surface area contributed by atoms with Crippen LogP contribution in [0.5, 0.6) is 0 Å². The maximum atomic E-state index is 8.58. The van der Waals surface area contributed by atoms with Crippen molar-refractivity contribution in [3.8, 4) is 6.07 Å². The molecule has 150 valence electrons. The number of rotatable bonds is 7. The van der Waals surface area contributed by atoms with Gasteiger partial charge in [0.2, 0.25) is 0 Å². The molecule has 0 atom stereocenters. The summed E-state index contributed by atoms with van der Waals surface area (Å²) in [6.45, 7) is 6.81. The summed E-state index contributed by atoms with van der Waals surface area (Å²) in [5.41, 5.74) is 4.57. The van der Waals surface area contributed by atoms with Gasteiger partial charge in [-0.2, -0.15) is 5.26 Å². The SMILES string of the molecule is C=C([C@H]1CC[C@H](CC/C=C/C#N)CC1)[C@H]1CC[C@H](c2ccc(CC)cc2)CC1. The fourth-order valence-corrected chi connectivity index (χ4v) is 5.45. The third kappa shape index (κ3) is 5.60. The number of benzene rings is 1. The minimum absolute atomic E-state index is 0.756. The number of aryl methyl sites for hydroxylation is 1. The molecule has 0 bridgehead atoms. The largest absolute Gasteiger partial charge is 0.193 e. The van der Waals surface area contributed by atoms with Gasteiger partial charge in [-0.1, -0.05) is 49.4 Å². The Bertz CT molecular complexity index is 674. The molecular weight excluding hydrogens is 338 g/mol. The van der Waals surface area contributed by atoms with E-state index in [2.05, 4.69) is 43.8 Å². The number of hydrogen-bond donors (Lipinski definition) is 0. The first-order valence-electron chi connectivity index (χ1n) is 11.5. The highest BCUT2D eigenvalue weighted by atomic mass is 14.3. The first-order valence-corrected chi connectivity index (χ1v) is 11.5. The topological polar surface area (TPSA) is 23.8 Å². The molecule has 1 heteroatoms. The normalized spacial score (nSPS) is 28.1. The summed E-state index contributed by atoms with van der Waals surface area (Å²) in [5, 5.41) is 8.58. The fraction of sp³-hybridized carbons (Fsp3) is 0.593. The van der Waals surface area contributed by atoms with Crippen molar-refractivity contribution < 1.29 is 0 Å². The predicted molar refractivity (Wildman–Crippen MR) is 119 cm³/mol. The Morgan fingerprint density at radius 1 is 1.00 bits per heavy atom. The number of hydrogen-bond acceptors (Lipinski definition) is 1. The predicted octanol–water partition coefficient (Wildman–Crippen LogP) is 7.75. The number of nitriles is 1. The van der Waals surface area contributed by atoms with E-state index in [0.29, 0.717) is 0 Å². The molecule has 2 saturated carbocycles. The van der Waals surface area contributed by atoms with Gasteiger partial charge < -0.3 is 0 Å². The zero-order chi connectivity index (χ0) is 19.8. The molecule has 1 aromatic carbocycles. The van der Waals surface area contributed by atoms with E-state index in [0.717, 1.165) is 36.5 Å². The van der Waals surface area contributed by atoms with Crippen LogP contribution in [0, 0.1) is 29.1 Å². The van der Waals surface area contributed by atoms with Gasteiger partial charge in [-0.15, -0.1) is 0 Å². The highest BCUT2D eigenvalue weighted by molar-refractivity contribution is 5.26. The Labute approximate surface area is 172 Å². The molecule has 3 rings (SSSR count). The molecule has 0 aromatic heterocycles. The Hall–Kier alpha value is -1.81. The molecule has 0 unspecified atom stereocenters. The van der Waals surface area contributed by atoms with Crippen LogP contribution in [-0.4, -0.2) is 0 Å². The molecule has 1 aromatic rings. The lowest BCUT2D eigenvalue weighted by atomic mass is 9.69. The number of allylic oxidation sites excluding steroid dienone is 3. The fourth-order valence-electron chi connectivity index (χ4n) is 5.45. The Kier molecular flexibility index (Phi) is 7.96. The minimum atomic E-state index is 0.756. The van der Waals surface area contributed by atoms with Crippen LogP contribution >= 0.6 is 0 Å². The summed E-state index contributed by atoms with van der Waals surface area (Å²) < 4.78 is 0. The second-order valence-electron chi connectivity index (χ2n) is 9.05. The molecule has 0 heterocycles. The number of nitrogens with zero attached hydrogens (tertiary/aromatic N) is 1. The van der Waals surface area contributed by atoms with Crippen molar-refractivity contribution in [1.82, 2.24) is 0 Å². The average Bonchev–Trinajstić information content (AvgIpc) is 2.77. The van der Waals surface area contributed by atoms with Crippen molar-refractivity contribution in [1.29, 1.82) is 5.26 Å². The van der Waals surface area contributed by atoms with Crippen LogP contribution in [0.15, 0.2) is 48.6 Å². The van der Waals surface area contributed by atoms with Crippen molar-refractivity contribution >= 4 is 0 Å². The van der Waals surface area contributed by atoms with E-state index in [-0.39, 0.29) is 0 Å². The van der Waals surface area contributed by atoms with E-state index in [4.69, 9.17) is 5.26 Å². The average molecular weight is 376 g/mol. The summed E-state index contributed by atoms with van der Waals surface area (Å²) in [6.07, 6.45) is 17.8. The van der Waals surface area contributed by atoms with E-state index in [1.165, 1.54) is 63.4 Å². The molecule has 2 aliphatic carbocycles. The second-order valence-corrected chi connectivity index (χ2v) is 9.05. The quantitative estimate of drug-likeness (QED) is 0.353. The molecule has 2 fully saturated rings. The maximum Gasteiger partial charge on any atom is 0.0908 e. The third-order valence-corrected chi connectivity index (χ3v) is 7.42. The minimum Gasteiger partial charge on any atom is -0.193 e. The molecule has 0 saturated heterocycles. The smallest absolute Gasteiger partial charge is 0.0908 e. The third-order valence-electron chi connectivity index (χ3n) is 7.42. The van der Waals surface area contributed by atoms with E-state index >= 15 is 0 Å². The zero-order valence-electron chi connectivity index (χ0n) is 17.7. The van der Waals surface area contributed by atoms with Crippen LogP contribution < -0.4 is 0 Å². The lowest BCUT2D eigenvalue weighted by molar-refractivity contribution is 0.260. The molecule has 0 radical (unpaired) electrons. The van der Waals surface area contributed by atoms with Gasteiger partial charge in [0.25, 0.3) is 0 Å². The Balaban J connectivity index is 1.41. The molecule has 0 spiro atoms. The van der Waals surface area contributed by atoms with Crippen LogP contribution in [-0.2, 0) is 6.42 Å². The highest BCUT2D eigenvalue weighted by Crippen LogP contribution is 2.44. The lowest BCUT2D eigenvalue weighted by Crippen LogP contribution is -2.22. The van der Waals surface area contributed by atoms with Crippen molar-refractivity contribution in [3.05, 3.63) is 59.7 Å². The zero-order valence-corrected chi connectivity index (χ0v) is 17.7. The van der Waals surface area contributed by atoms with E-state index < -0.39 is 0 Å². The van der Waals surface area contributed by atoms with Gasteiger partial charge in [-0.25, -0.2) is 0 Å². The van der Waals surface area contributed by atoms with Crippen molar-refractivity contribution in [3.63, 3.8) is 0 Å². The Morgan fingerprint density at radius 3 is 2.18 bits per heavy atom. The maximum absolute atomic E-state index is 8.58. The molecule has 0 N–H and O–H groups in total.